The van der Waals surface area contributed by atoms with E-state index in [1.165, 1.54) is 18.6 Å². The first-order valence-electron chi connectivity index (χ1n) is 7.45. The molecule has 0 bridgehead atoms. The van der Waals surface area contributed by atoms with Gasteiger partial charge in [-0.15, -0.1) is 0 Å². The molecular weight excluding hydrogens is 236 g/mol. The molecule has 0 unspecified atom stereocenters. The number of allylic oxidation sites excluding steroid dienone is 2. The van der Waals surface area contributed by atoms with Crippen LogP contribution in [0.4, 0.5) is 0 Å². The summed E-state index contributed by atoms with van der Waals surface area (Å²) >= 11 is 0. The van der Waals surface area contributed by atoms with Gasteiger partial charge in [0.25, 0.3) is 0 Å². The first-order chi connectivity index (χ1) is 8.04. The summed E-state index contributed by atoms with van der Waals surface area (Å²) in [5.41, 5.74) is 0. The van der Waals surface area contributed by atoms with E-state index in [4.69, 9.17) is 4.43 Å². The summed E-state index contributed by atoms with van der Waals surface area (Å²) in [4.78, 5) is 0. The van der Waals surface area contributed by atoms with E-state index in [1.54, 1.807) is 0 Å². The second-order valence-electron chi connectivity index (χ2n) is 7.84. The summed E-state index contributed by atoms with van der Waals surface area (Å²) in [5.74, 6) is 3.30. The molecule has 0 saturated heterocycles. The third-order valence-corrected chi connectivity index (χ3v) is 9.09. The van der Waals surface area contributed by atoms with Crippen LogP contribution < -0.4 is 0 Å². The predicted octanol–water partition coefficient (Wildman–Crippen LogP) is 5.59. The van der Waals surface area contributed by atoms with Crippen molar-refractivity contribution in [3.05, 3.63) is 11.8 Å². The van der Waals surface area contributed by atoms with Crippen molar-refractivity contribution in [2.45, 2.75) is 72.5 Å². The Kier molecular flexibility index (Phi) is 4.74. The largest absolute Gasteiger partial charge is 0.547 e. The van der Waals surface area contributed by atoms with Gasteiger partial charge >= 0.3 is 0 Å². The highest BCUT2D eigenvalue weighted by Crippen LogP contribution is 2.42. The van der Waals surface area contributed by atoms with Crippen molar-refractivity contribution in [3.8, 4) is 0 Å². The predicted molar refractivity (Wildman–Crippen MR) is 83.1 cm³/mol. The number of hydrogen-bond donors (Lipinski definition) is 0. The van der Waals surface area contributed by atoms with Crippen molar-refractivity contribution >= 4 is 8.32 Å². The van der Waals surface area contributed by atoms with Crippen molar-refractivity contribution in [1.29, 1.82) is 0 Å². The van der Waals surface area contributed by atoms with Crippen molar-refractivity contribution in [2.24, 2.45) is 17.8 Å². The molecule has 0 aromatic rings. The fraction of sp³-hybridized carbons (Fsp3) is 0.875. The molecule has 2 heteroatoms. The Bertz CT molecular complexity index is 310. The molecule has 1 aliphatic rings. The third kappa shape index (κ3) is 3.63. The molecule has 0 amide bonds. The van der Waals surface area contributed by atoms with Gasteiger partial charge < -0.3 is 4.43 Å². The highest BCUT2D eigenvalue weighted by Gasteiger charge is 2.41. The lowest BCUT2D eigenvalue weighted by Crippen LogP contribution is -2.42. The molecular formula is C16H32OSi. The summed E-state index contributed by atoms with van der Waals surface area (Å²) in [6, 6.07) is 0. The number of rotatable bonds is 3. The molecule has 0 heterocycles. The smallest absolute Gasteiger partial charge is 0.250 e. The van der Waals surface area contributed by atoms with Gasteiger partial charge in [-0.1, -0.05) is 41.5 Å². The average molecular weight is 269 g/mol. The van der Waals surface area contributed by atoms with Gasteiger partial charge in [-0.05, 0) is 48.9 Å². The average Bonchev–Trinajstić information content (AvgIpc) is 2.14. The van der Waals surface area contributed by atoms with Gasteiger partial charge in [-0.2, -0.15) is 0 Å². The second kappa shape index (κ2) is 5.40. The topological polar surface area (TPSA) is 9.23 Å². The lowest BCUT2D eigenvalue weighted by atomic mass is 9.81. The molecule has 106 valence electrons. The van der Waals surface area contributed by atoms with E-state index in [0.717, 1.165) is 0 Å². The van der Waals surface area contributed by atoms with Crippen LogP contribution in [0.3, 0.4) is 0 Å². The van der Waals surface area contributed by atoms with Crippen LogP contribution in [-0.4, -0.2) is 8.32 Å². The Morgan fingerprint density at radius 2 is 1.78 bits per heavy atom. The first-order valence-corrected chi connectivity index (χ1v) is 10.4. The van der Waals surface area contributed by atoms with E-state index < -0.39 is 8.32 Å². The maximum absolute atomic E-state index is 6.59. The minimum atomic E-state index is -1.68. The molecule has 0 aromatic carbocycles. The SMILES string of the molecule is CC(C)[C@@H]1CC[C@@H](C)C=C1O[Si](C)(C)C(C)(C)C. The van der Waals surface area contributed by atoms with E-state index in [9.17, 15) is 0 Å². The molecule has 0 fully saturated rings. The van der Waals surface area contributed by atoms with Gasteiger partial charge in [0.15, 0.2) is 0 Å². The van der Waals surface area contributed by atoms with E-state index in [2.05, 4.69) is 60.7 Å². The Hall–Kier alpha value is -0.243. The van der Waals surface area contributed by atoms with Crippen molar-refractivity contribution in [1.82, 2.24) is 0 Å². The molecule has 1 rings (SSSR count). The van der Waals surface area contributed by atoms with Crippen LogP contribution in [0.2, 0.25) is 18.1 Å². The van der Waals surface area contributed by atoms with Gasteiger partial charge in [0.05, 0.1) is 5.76 Å². The lowest BCUT2D eigenvalue weighted by Gasteiger charge is -2.41. The summed E-state index contributed by atoms with van der Waals surface area (Å²) < 4.78 is 6.59. The molecule has 0 aliphatic heterocycles. The molecule has 0 saturated carbocycles. The van der Waals surface area contributed by atoms with E-state index in [-0.39, 0.29) is 5.04 Å². The zero-order valence-corrected chi connectivity index (χ0v) is 14.6. The minimum Gasteiger partial charge on any atom is -0.547 e. The van der Waals surface area contributed by atoms with Crippen LogP contribution in [-0.2, 0) is 4.43 Å². The van der Waals surface area contributed by atoms with Gasteiger partial charge in [-0.25, -0.2) is 0 Å². The van der Waals surface area contributed by atoms with E-state index in [0.29, 0.717) is 17.8 Å². The Balaban J connectivity index is 2.92. The Labute approximate surface area is 115 Å². The molecule has 0 spiro atoms. The quantitative estimate of drug-likeness (QED) is 0.606. The summed E-state index contributed by atoms with van der Waals surface area (Å²) in [7, 11) is -1.68. The van der Waals surface area contributed by atoms with Crippen LogP contribution in [0.5, 0.6) is 0 Å². The zero-order valence-electron chi connectivity index (χ0n) is 13.6. The van der Waals surface area contributed by atoms with Crippen molar-refractivity contribution in [2.75, 3.05) is 0 Å². The van der Waals surface area contributed by atoms with Crippen LogP contribution >= 0.6 is 0 Å². The maximum atomic E-state index is 6.59. The molecule has 0 N–H and O–H groups in total. The second-order valence-corrected chi connectivity index (χ2v) is 12.6. The van der Waals surface area contributed by atoms with Crippen molar-refractivity contribution in [3.63, 3.8) is 0 Å². The van der Waals surface area contributed by atoms with Crippen LogP contribution in [0.25, 0.3) is 0 Å². The van der Waals surface area contributed by atoms with Gasteiger partial charge in [0.1, 0.15) is 0 Å². The van der Waals surface area contributed by atoms with Crippen molar-refractivity contribution < 1.29 is 4.43 Å². The zero-order chi connectivity index (χ0) is 14.1. The normalized spacial score (nSPS) is 26.2. The number of hydrogen-bond acceptors (Lipinski definition) is 1. The standard InChI is InChI=1S/C16H32OSi/c1-12(2)14-10-9-13(3)11-15(14)17-18(7,8)16(4,5)6/h11-14H,9-10H2,1-8H3/t13-,14+/m1/s1. The molecule has 0 radical (unpaired) electrons. The lowest BCUT2D eigenvalue weighted by molar-refractivity contribution is 0.239. The fourth-order valence-corrected chi connectivity index (χ4v) is 3.41. The summed E-state index contributed by atoms with van der Waals surface area (Å²) in [6.07, 6.45) is 5.00. The molecule has 2 atom stereocenters. The highest BCUT2D eigenvalue weighted by molar-refractivity contribution is 6.74. The van der Waals surface area contributed by atoms with Crippen LogP contribution in [0, 0.1) is 17.8 Å². The molecule has 0 aromatic heterocycles. The van der Waals surface area contributed by atoms with Gasteiger partial charge in [0, 0.05) is 5.92 Å². The summed E-state index contributed by atoms with van der Waals surface area (Å²) in [5, 5.41) is 0.288. The van der Waals surface area contributed by atoms with Gasteiger partial charge in [-0.3, -0.25) is 0 Å². The maximum Gasteiger partial charge on any atom is 0.250 e. The minimum absolute atomic E-state index is 0.288. The molecule has 18 heavy (non-hydrogen) atoms. The third-order valence-electron chi connectivity index (χ3n) is 4.73. The van der Waals surface area contributed by atoms with E-state index >= 15 is 0 Å². The van der Waals surface area contributed by atoms with E-state index in [1.807, 2.05) is 0 Å². The highest BCUT2D eigenvalue weighted by atomic mass is 28.4. The monoisotopic (exact) mass is 268 g/mol. The Morgan fingerprint density at radius 3 is 2.22 bits per heavy atom. The summed E-state index contributed by atoms with van der Waals surface area (Å²) in [6.45, 7) is 18.6. The Morgan fingerprint density at radius 1 is 1.22 bits per heavy atom. The van der Waals surface area contributed by atoms with Gasteiger partial charge in [0.2, 0.25) is 8.32 Å². The van der Waals surface area contributed by atoms with Crippen LogP contribution in [0.1, 0.15) is 54.4 Å². The molecule has 1 nitrogen and oxygen atoms in total. The fourth-order valence-electron chi connectivity index (χ4n) is 2.29. The first kappa shape index (κ1) is 15.8. The molecule has 1 aliphatic carbocycles. The van der Waals surface area contributed by atoms with Crippen LogP contribution in [0.15, 0.2) is 11.8 Å².